The SMILES string of the molecule is Cn1nc(-c2cc(O)c(F)c(C(F)(F)F)c2)c2c(N)ncnc21. The Morgan fingerprint density at radius 1 is 1.22 bits per heavy atom. The van der Waals surface area contributed by atoms with E-state index in [0.29, 0.717) is 11.7 Å². The predicted molar refractivity (Wildman–Crippen MR) is 72.8 cm³/mol. The number of hydrogen-bond donors (Lipinski definition) is 2. The first-order chi connectivity index (χ1) is 10.7. The maximum atomic E-state index is 13.5. The lowest BCUT2D eigenvalue weighted by atomic mass is 10.0. The number of fused-ring (bicyclic) bond motifs is 1. The smallest absolute Gasteiger partial charge is 0.419 e. The molecule has 0 unspecified atom stereocenters. The molecule has 3 aromatic rings. The van der Waals surface area contributed by atoms with Gasteiger partial charge in [-0.15, -0.1) is 0 Å². The van der Waals surface area contributed by atoms with Crippen LogP contribution in [0.15, 0.2) is 18.5 Å². The molecule has 2 heterocycles. The molecule has 0 aliphatic rings. The number of rotatable bonds is 1. The van der Waals surface area contributed by atoms with Gasteiger partial charge in [-0.3, -0.25) is 0 Å². The van der Waals surface area contributed by atoms with Crippen molar-refractivity contribution < 1.29 is 22.7 Å². The molecule has 3 rings (SSSR count). The van der Waals surface area contributed by atoms with Gasteiger partial charge in [0.05, 0.1) is 10.9 Å². The van der Waals surface area contributed by atoms with E-state index in [1.54, 1.807) is 0 Å². The molecule has 0 saturated carbocycles. The molecule has 23 heavy (non-hydrogen) atoms. The summed E-state index contributed by atoms with van der Waals surface area (Å²) in [6, 6.07) is 1.40. The van der Waals surface area contributed by atoms with Gasteiger partial charge in [-0.1, -0.05) is 0 Å². The van der Waals surface area contributed by atoms with Crippen molar-refractivity contribution in [1.29, 1.82) is 0 Å². The molecule has 0 atom stereocenters. The highest BCUT2D eigenvalue weighted by Crippen LogP contribution is 2.39. The standard InChI is InChI=1S/C13H9F4N5O/c1-22-12-8(11(18)19-4-20-12)10(21-22)5-2-6(13(15,16)17)9(14)7(23)3-5/h2-4,23H,1H3,(H2,18,19,20). The Labute approximate surface area is 126 Å². The third-order valence-corrected chi connectivity index (χ3v) is 3.28. The Morgan fingerprint density at radius 3 is 2.57 bits per heavy atom. The van der Waals surface area contributed by atoms with E-state index in [-0.39, 0.29) is 22.5 Å². The number of alkyl halides is 3. The highest BCUT2D eigenvalue weighted by Gasteiger charge is 2.36. The minimum Gasteiger partial charge on any atom is -0.505 e. The van der Waals surface area contributed by atoms with Crippen molar-refractivity contribution in [2.24, 2.45) is 7.05 Å². The number of halogens is 4. The van der Waals surface area contributed by atoms with Crippen LogP contribution in [0.25, 0.3) is 22.3 Å². The van der Waals surface area contributed by atoms with E-state index in [4.69, 9.17) is 5.73 Å². The Hall–Kier alpha value is -2.91. The van der Waals surface area contributed by atoms with Crippen molar-refractivity contribution in [3.8, 4) is 17.0 Å². The topological polar surface area (TPSA) is 89.8 Å². The summed E-state index contributed by atoms with van der Waals surface area (Å²) in [6.45, 7) is 0. The number of nitrogen functional groups attached to an aromatic ring is 1. The molecule has 0 radical (unpaired) electrons. The zero-order valence-electron chi connectivity index (χ0n) is 11.6. The van der Waals surface area contributed by atoms with E-state index in [1.807, 2.05) is 0 Å². The van der Waals surface area contributed by atoms with Crippen molar-refractivity contribution in [1.82, 2.24) is 19.7 Å². The largest absolute Gasteiger partial charge is 0.505 e. The minimum atomic E-state index is -4.97. The van der Waals surface area contributed by atoms with Gasteiger partial charge in [0.1, 0.15) is 17.8 Å². The molecule has 6 nitrogen and oxygen atoms in total. The van der Waals surface area contributed by atoms with Gasteiger partial charge < -0.3 is 10.8 Å². The van der Waals surface area contributed by atoms with Crippen molar-refractivity contribution in [3.05, 3.63) is 29.8 Å². The average Bonchev–Trinajstić information content (AvgIpc) is 2.79. The molecule has 3 N–H and O–H groups in total. The minimum absolute atomic E-state index is 0.00970. The summed E-state index contributed by atoms with van der Waals surface area (Å²) < 4.78 is 53.5. The van der Waals surface area contributed by atoms with Gasteiger partial charge in [0.25, 0.3) is 0 Å². The van der Waals surface area contributed by atoms with Gasteiger partial charge in [-0.05, 0) is 12.1 Å². The summed E-state index contributed by atoms with van der Waals surface area (Å²) in [4.78, 5) is 7.72. The summed E-state index contributed by atoms with van der Waals surface area (Å²) in [5, 5.41) is 13.7. The number of aryl methyl sites for hydroxylation is 1. The first-order valence-corrected chi connectivity index (χ1v) is 6.23. The molecule has 0 aliphatic carbocycles. The fourth-order valence-electron chi connectivity index (χ4n) is 2.26. The third kappa shape index (κ3) is 2.31. The average molecular weight is 327 g/mol. The normalized spacial score (nSPS) is 12.0. The lowest BCUT2D eigenvalue weighted by Crippen LogP contribution is -2.08. The maximum Gasteiger partial charge on any atom is 0.419 e. The molecule has 1 aromatic carbocycles. The lowest BCUT2D eigenvalue weighted by molar-refractivity contribution is -0.140. The molecule has 0 saturated heterocycles. The van der Waals surface area contributed by atoms with E-state index in [1.165, 1.54) is 18.1 Å². The molecule has 0 aliphatic heterocycles. The van der Waals surface area contributed by atoms with Crippen LogP contribution < -0.4 is 5.73 Å². The summed E-state index contributed by atoms with van der Waals surface area (Å²) in [6.07, 6.45) is -3.78. The lowest BCUT2D eigenvalue weighted by Gasteiger charge is -2.11. The Morgan fingerprint density at radius 2 is 1.91 bits per heavy atom. The predicted octanol–water partition coefficient (Wildman–Crippen LogP) is 2.48. The summed E-state index contributed by atoms with van der Waals surface area (Å²) in [5.74, 6) is -2.87. The Kier molecular flexibility index (Phi) is 3.13. The van der Waals surface area contributed by atoms with E-state index in [2.05, 4.69) is 15.1 Å². The first-order valence-electron chi connectivity index (χ1n) is 6.23. The Bertz CT molecular complexity index is 919. The zero-order chi connectivity index (χ0) is 16.9. The number of phenols is 1. The van der Waals surface area contributed by atoms with Crippen LogP contribution in [0, 0.1) is 5.82 Å². The summed E-state index contributed by atoms with van der Waals surface area (Å²) in [5.41, 5.74) is 4.30. The molecule has 0 spiro atoms. The monoisotopic (exact) mass is 327 g/mol. The fraction of sp³-hybridized carbons (Fsp3) is 0.154. The van der Waals surface area contributed by atoms with Gasteiger partial charge in [-0.2, -0.15) is 18.3 Å². The molecule has 0 amide bonds. The van der Waals surface area contributed by atoms with Crippen LogP contribution in [-0.2, 0) is 13.2 Å². The van der Waals surface area contributed by atoms with E-state index < -0.39 is 23.3 Å². The van der Waals surface area contributed by atoms with E-state index in [9.17, 15) is 22.7 Å². The number of nitrogens with two attached hydrogens (primary N) is 1. The first kappa shape index (κ1) is 15.0. The van der Waals surface area contributed by atoms with Gasteiger partial charge >= 0.3 is 6.18 Å². The third-order valence-electron chi connectivity index (χ3n) is 3.28. The number of benzene rings is 1. The molecule has 2 aromatic heterocycles. The highest BCUT2D eigenvalue weighted by molar-refractivity contribution is 5.98. The Balaban J connectivity index is 2.35. The van der Waals surface area contributed by atoms with Crippen molar-refractivity contribution in [3.63, 3.8) is 0 Å². The van der Waals surface area contributed by atoms with Crippen LogP contribution >= 0.6 is 0 Å². The molecular formula is C13H9F4N5O. The molecule has 120 valence electrons. The number of hydrogen-bond acceptors (Lipinski definition) is 5. The number of aromatic hydroxyl groups is 1. The molecular weight excluding hydrogens is 318 g/mol. The zero-order valence-corrected chi connectivity index (χ0v) is 11.6. The van der Waals surface area contributed by atoms with Gasteiger partial charge in [0, 0.05) is 12.6 Å². The second-order valence-electron chi connectivity index (χ2n) is 4.78. The van der Waals surface area contributed by atoms with Crippen LogP contribution in [-0.4, -0.2) is 24.9 Å². The van der Waals surface area contributed by atoms with Crippen LogP contribution in [0.5, 0.6) is 5.75 Å². The highest BCUT2D eigenvalue weighted by atomic mass is 19.4. The van der Waals surface area contributed by atoms with Crippen LogP contribution in [0.4, 0.5) is 23.4 Å². The summed E-state index contributed by atoms with van der Waals surface area (Å²) in [7, 11) is 1.52. The van der Waals surface area contributed by atoms with E-state index >= 15 is 0 Å². The molecule has 0 fully saturated rings. The van der Waals surface area contributed by atoms with Gasteiger partial charge in [0.2, 0.25) is 0 Å². The quantitative estimate of drug-likeness (QED) is 0.670. The van der Waals surface area contributed by atoms with Crippen molar-refractivity contribution in [2.45, 2.75) is 6.18 Å². The van der Waals surface area contributed by atoms with Gasteiger partial charge in [0.15, 0.2) is 17.2 Å². The van der Waals surface area contributed by atoms with E-state index in [0.717, 1.165) is 6.07 Å². The number of anilines is 1. The number of nitrogens with zero attached hydrogens (tertiary/aromatic N) is 4. The van der Waals surface area contributed by atoms with Crippen LogP contribution in [0.2, 0.25) is 0 Å². The van der Waals surface area contributed by atoms with Gasteiger partial charge in [-0.25, -0.2) is 19.0 Å². The van der Waals surface area contributed by atoms with Crippen molar-refractivity contribution in [2.75, 3.05) is 5.73 Å². The maximum absolute atomic E-state index is 13.5. The number of aromatic nitrogens is 4. The summed E-state index contributed by atoms with van der Waals surface area (Å²) >= 11 is 0. The fourth-order valence-corrected chi connectivity index (χ4v) is 2.26. The van der Waals surface area contributed by atoms with Crippen LogP contribution in [0.3, 0.4) is 0 Å². The molecule has 10 heteroatoms. The van der Waals surface area contributed by atoms with Crippen molar-refractivity contribution >= 4 is 16.9 Å². The molecule has 0 bridgehead atoms. The van der Waals surface area contributed by atoms with Crippen LogP contribution in [0.1, 0.15) is 5.56 Å². The number of phenolic OH excluding ortho intramolecular Hbond substituents is 1. The second-order valence-corrected chi connectivity index (χ2v) is 4.78. The second kappa shape index (κ2) is 4.80.